The normalized spacial score (nSPS) is 29.1. The van der Waals surface area contributed by atoms with Gasteiger partial charge in [-0.15, -0.1) is 0 Å². The lowest BCUT2D eigenvalue weighted by atomic mass is 9.95. The fourth-order valence-corrected chi connectivity index (χ4v) is 1.98. The summed E-state index contributed by atoms with van der Waals surface area (Å²) in [5, 5.41) is 0. The predicted octanol–water partition coefficient (Wildman–Crippen LogP) is 3.27. The second-order valence-corrected chi connectivity index (χ2v) is 4.43. The van der Waals surface area contributed by atoms with Gasteiger partial charge in [0.25, 0.3) is 0 Å². The molecule has 0 N–H and O–H groups in total. The first kappa shape index (κ1) is 9.70. The van der Waals surface area contributed by atoms with Crippen LogP contribution in [0.1, 0.15) is 39.0 Å². The fraction of sp³-hybridized carbons (Fsp3) is 0.615. The molecule has 0 aromatic heterocycles. The van der Waals surface area contributed by atoms with Crippen molar-refractivity contribution in [2.24, 2.45) is 11.8 Å². The van der Waals surface area contributed by atoms with Crippen LogP contribution in [0.15, 0.2) is 23.8 Å². The molecule has 0 aromatic carbocycles. The van der Waals surface area contributed by atoms with Gasteiger partial charge >= 0.3 is 0 Å². The molecule has 2 aliphatic carbocycles. The second kappa shape index (κ2) is 4.12. The highest BCUT2D eigenvalue weighted by Crippen LogP contribution is 2.35. The van der Waals surface area contributed by atoms with Crippen molar-refractivity contribution in [2.45, 2.75) is 39.0 Å². The summed E-state index contributed by atoms with van der Waals surface area (Å²) in [5.74, 6) is 1.42. The molecule has 1 nitrogen and oxygen atoms in total. The summed E-state index contributed by atoms with van der Waals surface area (Å²) in [6.45, 7) is 2.20. The van der Waals surface area contributed by atoms with E-state index in [1.807, 2.05) is 0 Å². The van der Waals surface area contributed by atoms with Crippen LogP contribution in [-0.4, -0.2) is 5.78 Å². The number of hydrogen-bond acceptors (Lipinski definition) is 1. The summed E-state index contributed by atoms with van der Waals surface area (Å²) in [6, 6.07) is 0. The molecule has 1 atom stereocenters. The third-order valence-corrected chi connectivity index (χ3v) is 3.07. The van der Waals surface area contributed by atoms with E-state index in [1.54, 1.807) is 6.08 Å². The van der Waals surface area contributed by atoms with Gasteiger partial charge in [0.2, 0.25) is 0 Å². The molecule has 1 heteroatoms. The average molecular weight is 190 g/mol. The largest absolute Gasteiger partial charge is 0.290 e. The summed E-state index contributed by atoms with van der Waals surface area (Å²) in [5.41, 5.74) is 1.08. The Bertz CT molecular complexity index is 282. The van der Waals surface area contributed by atoms with Crippen molar-refractivity contribution in [1.82, 2.24) is 0 Å². The number of allylic oxidation sites excluding steroid dienone is 4. The maximum atomic E-state index is 11.6. The van der Waals surface area contributed by atoms with Crippen LogP contribution in [0.25, 0.3) is 0 Å². The Balaban J connectivity index is 2.00. The van der Waals surface area contributed by atoms with Gasteiger partial charge in [-0.25, -0.2) is 0 Å². The van der Waals surface area contributed by atoms with Crippen molar-refractivity contribution in [3.05, 3.63) is 23.8 Å². The molecule has 0 aromatic rings. The fourth-order valence-electron chi connectivity index (χ4n) is 1.98. The molecule has 0 spiro atoms. The van der Waals surface area contributed by atoms with E-state index < -0.39 is 0 Å². The maximum Gasteiger partial charge on any atom is 0.181 e. The molecule has 1 saturated carbocycles. The molecule has 2 rings (SSSR count). The van der Waals surface area contributed by atoms with E-state index in [1.165, 1.54) is 25.7 Å². The van der Waals surface area contributed by atoms with Gasteiger partial charge in [0.15, 0.2) is 5.78 Å². The highest BCUT2D eigenvalue weighted by Gasteiger charge is 2.26. The van der Waals surface area contributed by atoms with Crippen LogP contribution in [0.5, 0.6) is 0 Å². The third-order valence-electron chi connectivity index (χ3n) is 3.07. The molecule has 0 aliphatic heterocycles. The van der Waals surface area contributed by atoms with Gasteiger partial charge in [-0.3, -0.25) is 4.79 Å². The molecule has 1 unspecified atom stereocenters. The summed E-state index contributed by atoms with van der Waals surface area (Å²) >= 11 is 0. The van der Waals surface area contributed by atoms with Crippen molar-refractivity contribution < 1.29 is 4.79 Å². The van der Waals surface area contributed by atoms with Crippen LogP contribution in [0.2, 0.25) is 0 Å². The minimum absolute atomic E-state index is 0.262. The van der Waals surface area contributed by atoms with Crippen molar-refractivity contribution in [3.63, 3.8) is 0 Å². The van der Waals surface area contributed by atoms with Crippen molar-refractivity contribution in [2.75, 3.05) is 0 Å². The number of carbonyl (C=O) groups excluding carboxylic acids is 1. The standard InChI is InChI=1S/C13H18O/c1-2-3-4-11-7-8-13(14)12(11)9-10-5-6-10/h7-11H,2-6H2,1H3/b12-9+. The molecule has 0 saturated heterocycles. The number of rotatable bonds is 4. The number of hydrogen-bond donors (Lipinski definition) is 0. The zero-order valence-electron chi connectivity index (χ0n) is 8.83. The smallest absolute Gasteiger partial charge is 0.181 e. The molecule has 0 radical (unpaired) electrons. The van der Waals surface area contributed by atoms with Gasteiger partial charge in [0, 0.05) is 11.5 Å². The molecule has 2 aliphatic rings. The molecular formula is C13H18O. The molecule has 1 fully saturated rings. The van der Waals surface area contributed by atoms with E-state index in [0.29, 0.717) is 5.92 Å². The van der Waals surface area contributed by atoms with Crippen molar-refractivity contribution in [1.29, 1.82) is 0 Å². The van der Waals surface area contributed by atoms with Gasteiger partial charge in [0.1, 0.15) is 0 Å². The van der Waals surface area contributed by atoms with Crippen molar-refractivity contribution in [3.8, 4) is 0 Å². The first-order chi connectivity index (χ1) is 6.81. The van der Waals surface area contributed by atoms with Crippen LogP contribution >= 0.6 is 0 Å². The number of unbranched alkanes of at least 4 members (excludes halogenated alkanes) is 1. The Kier molecular flexibility index (Phi) is 2.85. The maximum absolute atomic E-state index is 11.6. The Labute approximate surface area is 85.9 Å². The Morgan fingerprint density at radius 3 is 2.93 bits per heavy atom. The summed E-state index contributed by atoms with van der Waals surface area (Å²) in [6.07, 6.45) is 12.2. The van der Waals surface area contributed by atoms with Gasteiger partial charge in [-0.1, -0.05) is 31.9 Å². The van der Waals surface area contributed by atoms with Gasteiger partial charge < -0.3 is 0 Å². The van der Waals surface area contributed by atoms with Gasteiger partial charge in [-0.2, -0.15) is 0 Å². The van der Waals surface area contributed by atoms with E-state index in [4.69, 9.17) is 0 Å². The van der Waals surface area contributed by atoms with Crippen LogP contribution in [-0.2, 0) is 4.79 Å². The SMILES string of the molecule is CCCCC1C=CC(=O)/C1=C/C1CC1. The lowest BCUT2D eigenvalue weighted by Gasteiger charge is -2.08. The molecule has 76 valence electrons. The van der Waals surface area contributed by atoms with E-state index in [0.717, 1.165) is 17.9 Å². The Morgan fingerprint density at radius 1 is 1.50 bits per heavy atom. The first-order valence-corrected chi connectivity index (χ1v) is 5.75. The summed E-state index contributed by atoms with van der Waals surface area (Å²) in [4.78, 5) is 11.6. The van der Waals surface area contributed by atoms with Crippen LogP contribution < -0.4 is 0 Å². The van der Waals surface area contributed by atoms with Gasteiger partial charge in [-0.05, 0) is 31.3 Å². The highest BCUT2D eigenvalue weighted by atomic mass is 16.1. The Hall–Kier alpha value is -0.850. The predicted molar refractivity (Wildman–Crippen MR) is 58.0 cm³/mol. The Morgan fingerprint density at radius 2 is 2.29 bits per heavy atom. The monoisotopic (exact) mass is 190 g/mol. The van der Waals surface area contributed by atoms with Crippen LogP contribution in [0.4, 0.5) is 0 Å². The molecular weight excluding hydrogens is 172 g/mol. The number of carbonyl (C=O) groups is 1. The van der Waals surface area contributed by atoms with Gasteiger partial charge in [0.05, 0.1) is 0 Å². The average Bonchev–Trinajstić information content (AvgIpc) is 2.92. The van der Waals surface area contributed by atoms with E-state index >= 15 is 0 Å². The minimum atomic E-state index is 0.262. The first-order valence-electron chi connectivity index (χ1n) is 5.75. The molecule has 0 amide bonds. The zero-order valence-corrected chi connectivity index (χ0v) is 8.83. The lowest BCUT2D eigenvalue weighted by molar-refractivity contribution is -0.111. The van der Waals surface area contributed by atoms with E-state index in [2.05, 4.69) is 19.1 Å². The highest BCUT2D eigenvalue weighted by molar-refractivity contribution is 6.07. The van der Waals surface area contributed by atoms with Crippen LogP contribution in [0.3, 0.4) is 0 Å². The summed E-state index contributed by atoms with van der Waals surface area (Å²) < 4.78 is 0. The lowest BCUT2D eigenvalue weighted by Crippen LogP contribution is -2.03. The quantitative estimate of drug-likeness (QED) is 0.622. The van der Waals surface area contributed by atoms with E-state index in [-0.39, 0.29) is 5.78 Å². The molecule has 14 heavy (non-hydrogen) atoms. The minimum Gasteiger partial charge on any atom is -0.290 e. The molecule has 0 bridgehead atoms. The molecule has 0 heterocycles. The third kappa shape index (κ3) is 2.14. The number of ketones is 1. The van der Waals surface area contributed by atoms with E-state index in [9.17, 15) is 4.79 Å². The van der Waals surface area contributed by atoms with Crippen LogP contribution in [0, 0.1) is 11.8 Å². The summed E-state index contributed by atoms with van der Waals surface area (Å²) in [7, 11) is 0. The topological polar surface area (TPSA) is 17.1 Å². The van der Waals surface area contributed by atoms with Crippen molar-refractivity contribution >= 4 is 5.78 Å². The second-order valence-electron chi connectivity index (χ2n) is 4.43. The zero-order chi connectivity index (χ0) is 9.97.